The number of hydrogen-bond donors (Lipinski definition) is 1. The van der Waals surface area contributed by atoms with Gasteiger partial charge in [-0.25, -0.2) is 5.43 Å². The summed E-state index contributed by atoms with van der Waals surface area (Å²) >= 11 is 5.99. The van der Waals surface area contributed by atoms with Crippen LogP contribution in [0.25, 0.3) is 0 Å². The minimum Gasteiger partial charge on any atom is -0.489 e. The highest BCUT2D eigenvalue weighted by molar-refractivity contribution is 6.33. The number of halogens is 1. The van der Waals surface area contributed by atoms with E-state index in [1.165, 1.54) is 0 Å². The van der Waals surface area contributed by atoms with Gasteiger partial charge in [0.05, 0.1) is 16.8 Å². The molecule has 0 radical (unpaired) electrons. The number of hydrazone groups is 1. The quantitative estimate of drug-likeness (QED) is 0.510. The van der Waals surface area contributed by atoms with Crippen LogP contribution in [-0.2, 0) is 6.61 Å². The monoisotopic (exact) mass is 364 g/mol. The Kier molecular flexibility index (Phi) is 6.01. The molecule has 130 valence electrons. The molecule has 0 heterocycles. The van der Waals surface area contributed by atoms with Crippen LogP contribution < -0.4 is 10.2 Å². The number of nitrogens with zero attached hydrogens (tertiary/aromatic N) is 1. The van der Waals surface area contributed by atoms with Crippen molar-refractivity contribution in [3.63, 3.8) is 0 Å². The second-order valence-corrected chi connectivity index (χ2v) is 5.93. The molecular weight excluding hydrogens is 348 g/mol. The van der Waals surface area contributed by atoms with Gasteiger partial charge in [-0.3, -0.25) is 4.79 Å². The van der Waals surface area contributed by atoms with Gasteiger partial charge in [0.1, 0.15) is 12.4 Å². The molecule has 4 nitrogen and oxygen atoms in total. The highest BCUT2D eigenvalue weighted by Gasteiger charge is 2.07. The highest BCUT2D eigenvalue weighted by Crippen LogP contribution is 2.15. The summed E-state index contributed by atoms with van der Waals surface area (Å²) in [5, 5.41) is 4.37. The molecule has 3 aromatic rings. The van der Waals surface area contributed by atoms with Crippen LogP contribution in [0.3, 0.4) is 0 Å². The Morgan fingerprint density at radius 3 is 2.58 bits per heavy atom. The molecule has 0 saturated heterocycles. The molecule has 3 rings (SSSR count). The van der Waals surface area contributed by atoms with Crippen LogP contribution in [0, 0.1) is 0 Å². The highest BCUT2D eigenvalue weighted by atomic mass is 35.5. The van der Waals surface area contributed by atoms with Gasteiger partial charge in [-0.1, -0.05) is 66.2 Å². The summed E-state index contributed by atoms with van der Waals surface area (Å²) in [6, 6.07) is 24.2. The minimum absolute atomic E-state index is 0.358. The fourth-order valence-corrected chi connectivity index (χ4v) is 2.52. The van der Waals surface area contributed by atoms with Crippen molar-refractivity contribution in [1.82, 2.24) is 5.43 Å². The van der Waals surface area contributed by atoms with E-state index in [2.05, 4.69) is 10.5 Å². The first-order valence-electron chi connectivity index (χ1n) is 8.07. The molecule has 5 heteroatoms. The third-order valence-corrected chi connectivity index (χ3v) is 3.93. The molecule has 3 aromatic carbocycles. The lowest BCUT2D eigenvalue weighted by atomic mass is 10.2. The van der Waals surface area contributed by atoms with Crippen molar-refractivity contribution in [1.29, 1.82) is 0 Å². The minimum atomic E-state index is -0.358. The van der Waals surface area contributed by atoms with Crippen LogP contribution in [0.4, 0.5) is 0 Å². The fourth-order valence-electron chi connectivity index (χ4n) is 2.30. The van der Waals surface area contributed by atoms with E-state index in [1.54, 1.807) is 30.5 Å². The van der Waals surface area contributed by atoms with E-state index in [0.717, 1.165) is 16.9 Å². The molecular formula is C21H17ClN2O2. The summed E-state index contributed by atoms with van der Waals surface area (Å²) in [6.45, 7) is 0.491. The molecule has 0 saturated carbocycles. The molecule has 1 amide bonds. The largest absolute Gasteiger partial charge is 0.489 e. The molecule has 0 bridgehead atoms. The normalized spacial score (nSPS) is 10.7. The average molecular weight is 365 g/mol. The van der Waals surface area contributed by atoms with E-state index < -0.39 is 0 Å². The number of benzene rings is 3. The summed E-state index contributed by atoms with van der Waals surface area (Å²) < 4.78 is 5.78. The predicted octanol–water partition coefficient (Wildman–Crippen LogP) is 4.68. The summed E-state index contributed by atoms with van der Waals surface area (Å²) in [5.41, 5.74) is 4.76. The van der Waals surface area contributed by atoms with E-state index in [-0.39, 0.29) is 5.91 Å². The lowest BCUT2D eigenvalue weighted by Crippen LogP contribution is -2.17. The Labute approximate surface area is 157 Å². The van der Waals surface area contributed by atoms with Crippen molar-refractivity contribution in [3.05, 3.63) is 101 Å². The number of carbonyl (C=O) groups excluding carboxylic acids is 1. The van der Waals surface area contributed by atoms with Crippen LogP contribution in [0.1, 0.15) is 21.5 Å². The predicted molar refractivity (Wildman–Crippen MR) is 104 cm³/mol. The molecule has 0 unspecified atom stereocenters. The van der Waals surface area contributed by atoms with E-state index in [0.29, 0.717) is 17.2 Å². The SMILES string of the molecule is O=C(N/N=C\c1cccc(OCc2ccccc2)c1)c1ccccc1Cl. The van der Waals surface area contributed by atoms with Crippen molar-refractivity contribution < 1.29 is 9.53 Å². The Balaban J connectivity index is 1.59. The van der Waals surface area contributed by atoms with E-state index >= 15 is 0 Å². The number of carbonyl (C=O) groups is 1. The third kappa shape index (κ3) is 4.94. The van der Waals surface area contributed by atoms with Crippen LogP contribution in [0.5, 0.6) is 5.75 Å². The number of nitrogens with one attached hydrogen (secondary N) is 1. The lowest BCUT2D eigenvalue weighted by Gasteiger charge is -2.06. The number of hydrogen-bond acceptors (Lipinski definition) is 3. The topological polar surface area (TPSA) is 50.7 Å². The van der Waals surface area contributed by atoms with Gasteiger partial charge in [0, 0.05) is 0 Å². The molecule has 0 fully saturated rings. The molecule has 0 aliphatic heterocycles. The van der Waals surface area contributed by atoms with Crippen LogP contribution >= 0.6 is 11.6 Å². The van der Waals surface area contributed by atoms with Gasteiger partial charge >= 0.3 is 0 Å². The smallest absolute Gasteiger partial charge is 0.272 e. The van der Waals surface area contributed by atoms with Crippen molar-refractivity contribution in [2.24, 2.45) is 5.10 Å². The zero-order valence-corrected chi connectivity index (χ0v) is 14.7. The number of rotatable bonds is 6. The average Bonchev–Trinajstić information content (AvgIpc) is 2.68. The number of amides is 1. The van der Waals surface area contributed by atoms with Gasteiger partial charge in [-0.15, -0.1) is 0 Å². The van der Waals surface area contributed by atoms with Crippen LogP contribution in [0.15, 0.2) is 84.0 Å². The van der Waals surface area contributed by atoms with Crippen molar-refractivity contribution in [2.45, 2.75) is 6.61 Å². The van der Waals surface area contributed by atoms with E-state index in [4.69, 9.17) is 16.3 Å². The van der Waals surface area contributed by atoms with Crippen molar-refractivity contribution in [2.75, 3.05) is 0 Å². The zero-order chi connectivity index (χ0) is 18.2. The molecule has 0 spiro atoms. The summed E-state index contributed by atoms with van der Waals surface area (Å²) in [4.78, 5) is 12.0. The van der Waals surface area contributed by atoms with E-state index in [1.807, 2.05) is 54.6 Å². The van der Waals surface area contributed by atoms with Gasteiger partial charge in [0.25, 0.3) is 5.91 Å². The summed E-state index contributed by atoms with van der Waals surface area (Å²) in [5.74, 6) is 0.374. The maximum atomic E-state index is 12.0. The maximum Gasteiger partial charge on any atom is 0.272 e. The van der Waals surface area contributed by atoms with Crippen LogP contribution in [0.2, 0.25) is 5.02 Å². The van der Waals surface area contributed by atoms with Gasteiger partial charge in [-0.05, 0) is 35.4 Å². The first-order valence-corrected chi connectivity index (χ1v) is 8.45. The van der Waals surface area contributed by atoms with Crippen molar-refractivity contribution >= 4 is 23.7 Å². The zero-order valence-electron chi connectivity index (χ0n) is 13.9. The van der Waals surface area contributed by atoms with Gasteiger partial charge in [0.15, 0.2) is 0 Å². The molecule has 0 aliphatic rings. The molecule has 0 aliphatic carbocycles. The van der Waals surface area contributed by atoms with Gasteiger partial charge in [0.2, 0.25) is 0 Å². The lowest BCUT2D eigenvalue weighted by molar-refractivity contribution is 0.0955. The summed E-state index contributed by atoms with van der Waals surface area (Å²) in [6.07, 6.45) is 1.56. The Morgan fingerprint density at radius 2 is 1.77 bits per heavy atom. The molecule has 0 atom stereocenters. The molecule has 26 heavy (non-hydrogen) atoms. The molecule has 1 N–H and O–H groups in total. The van der Waals surface area contributed by atoms with E-state index in [9.17, 15) is 4.79 Å². The first kappa shape index (κ1) is 17.7. The second-order valence-electron chi connectivity index (χ2n) is 5.53. The Hall–Kier alpha value is -3.11. The Bertz CT molecular complexity index is 911. The molecule has 0 aromatic heterocycles. The second kappa shape index (κ2) is 8.83. The summed E-state index contributed by atoms with van der Waals surface area (Å²) in [7, 11) is 0. The third-order valence-electron chi connectivity index (χ3n) is 3.60. The fraction of sp³-hybridized carbons (Fsp3) is 0.0476. The van der Waals surface area contributed by atoms with Gasteiger partial charge in [-0.2, -0.15) is 5.10 Å². The van der Waals surface area contributed by atoms with Gasteiger partial charge < -0.3 is 4.74 Å². The van der Waals surface area contributed by atoms with Crippen molar-refractivity contribution in [3.8, 4) is 5.75 Å². The van der Waals surface area contributed by atoms with Crippen LogP contribution in [-0.4, -0.2) is 12.1 Å². The number of ether oxygens (including phenoxy) is 1. The Morgan fingerprint density at radius 1 is 1.00 bits per heavy atom. The standard InChI is InChI=1S/C21H17ClN2O2/c22-20-12-5-4-11-19(20)21(25)24-23-14-17-9-6-10-18(13-17)26-15-16-7-2-1-3-8-16/h1-14H,15H2,(H,24,25)/b23-14-. The maximum absolute atomic E-state index is 12.0. The first-order chi connectivity index (χ1) is 12.7.